The Morgan fingerprint density at radius 1 is 1.17 bits per heavy atom. The molecule has 1 heterocycles. The Morgan fingerprint density at radius 2 is 1.79 bits per heavy atom. The average Bonchev–Trinajstić information content (AvgIpc) is 2.80. The molecule has 1 aromatic rings. The van der Waals surface area contributed by atoms with Gasteiger partial charge >= 0.3 is 6.03 Å². The highest BCUT2D eigenvalue weighted by atomic mass is 16.5. The number of anilines is 1. The van der Waals surface area contributed by atoms with E-state index >= 15 is 0 Å². The molecule has 8 nitrogen and oxygen atoms in total. The van der Waals surface area contributed by atoms with Gasteiger partial charge in [-0.15, -0.1) is 0 Å². The minimum atomic E-state index is -0.321. The Bertz CT molecular complexity index is 624. The fourth-order valence-electron chi connectivity index (χ4n) is 2.39. The van der Waals surface area contributed by atoms with Crippen LogP contribution in [0.25, 0.3) is 0 Å². The maximum atomic E-state index is 12.0. The fraction of sp³-hybridized carbons (Fsp3) is 0.438. The summed E-state index contributed by atoms with van der Waals surface area (Å²) >= 11 is 0. The standard InChI is InChI=1S/C16H21N3O5/c1-18-10-15(21)19(16(18)22)6-4-5-14(20)17-11-7-12(23-2)9-13(8-11)24-3/h7-9H,4-6,10H2,1-3H3,(H,17,20). The van der Waals surface area contributed by atoms with Crippen molar-refractivity contribution >= 4 is 23.5 Å². The van der Waals surface area contributed by atoms with Crippen LogP contribution in [0.2, 0.25) is 0 Å². The van der Waals surface area contributed by atoms with Crippen LogP contribution in [0.1, 0.15) is 12.8 Å². The molecule has 0 radical (unpaired) electrons. The SMILES string of the molecule is COc1cc(NC(=O)CCCN2C(=O)CN(C)C2=O)cc(OC)c1. The highest BCUT2D eigenvalue weighted by molar-refractivity contribution is 6.01. The van der Waals surface area contributed by atoms with Crippen LogP contribution in [0.4, 0.5) is 10.5 Å². The summed E-state index contributed by atoms with van der Waals surface area (Å²) in [6.07, 6.45) is 0.596. The minimum Gasteiger partial charge on any atom is -0.497 e. The van der Waals surface area contributed by atoms with E-state index in [1.54, 1.807) is 25.2 Å². The zero-order chi connectivity index (χ0) is 17.7. The van der Waals surface area contributed by atoms with Gasteiger partial charge in [-0.3, -0.25) is 14.5 Å². The number of hydrogen-bond acceptors (Lipinski definition) is 5. The lowest BCUT2D eigenvalue weighted by atomic mass is 10.2. The summed E-state index contributed by atoms with van der Waals surface area (Å²) in [7, 11) is 4.63. The van der Waals surface area contributed by atoms with Crippen molar-refractivity contribution in [3.8, 4) is 11.5 Å². The number of carbonyl (C=O) groups excluding carboxylic acids is 3. The number of carbonyl (C=O) groups is 3. The predicted octanol–water partition coefficient (Wildman–Crippen LogP) is 1.32. The van der Waals surface area contributed by atoms with E-state index in [1.165, 1.54) is 24.0 Å². The van der Waals surface area contributed by atoms with Gasteiger partial charge in [0.25, 0.3) is 0 Å². The molecule has 4 amide bonds. The third kappa shape index (κ3) is 4.15. The molecule has 1 aliphatic rings. The summed E-state index contributed by atoms with van der Waals surface area (Å²) in [5.41, 5.74) is 0.559. The maximum Gasteiger partial charge on any atom is 0.326 e. The van der Waals surface area contributed by atoms with Crippen LogP contribution in [-0.2, 0) is 9.59 Å². The Morgan fingerprint density at radius 3 is 2.29 bits per heavy atom. The zero-order valence-corrected chi connectivity index (χ0v) is 14.0. The first kappa shape index (κ1) is 17.6. The van der Waals surface area contributed by atoms with Gasteiger partial charge < -0.3 is 19.7 Å². The molecule has 0 saturated carbocycles. The molecule has 0 spiro atoms. The lowest BCUT2D eigenvalue weighted by molar-refractivity contribution is -0.125. The molecular weight excluding hydrogens is 314 g/mol. The molecule has 0 unspecified atom stereocenters. The van der Waals surface area contributed by atoms with Crippen LogP contribution in [-0.4, -0.2) is 62.0 Å². The van der Waals surface area contributed by atoms with Crippen LogP contribution in [0.15, 0.2) is 18.2 Å². The van der Waals surface area contributed by atoms with Gasteiger partial charge in [0.1, 0.15) is 18.0 Å². The lowest BCUT2D eigenvalue weighted by Gasteiger charge is -2.14. The van der Waals surface area contributed by atoms with E-state index in [0.29, 0.717) is 23.6 Å². The van der Waals surface area contributed by atoms with Gasteiger partial charge in [-0.25, -0.2) is 4.79 Å². The van der Waals surface area contributed by atoms with E-state index in [2.05, 4.69) is 5.32 Å². The Kier molecular flexibility index (Phi) is 5.62. The molecule has 1 N–H and O–H groups in total. The largest absolute Gasteiger partial charge is 0.497 e. The minimum absolute atomic E-state index is 0.0919. The van der Waals surface area contributed by atoms with Gasteiger partial charge in [0.15, 0.2) is 0 Å². The number of nitrogens with one attached hydrogen (secondary N) is 1. The number of hydrogen-bond donors (Lipinski definition) is 1. The van der Waals surface area contributed by atoms with Crippen molar-refractivity contribution in [1.82, 2.24) is 9.80 Å². The lowest BCUT2D eigenvalue weighted by Crippen LogP contribution is -2.32. The van der Waals surface area contributed by atoms with E-state index in [0.717, 1.165) is 0 Å². The molecule has 1 aromatic carbocycles. The molecule has 0 aromatic heterocycles. The number of urea groups is 1. The summed E-state index contributed by atoms with van der Waals surface area (Å²) in [4.78, 5) is 37.9. The molecule has 24 heavy (non-hydrogen) atoms. The molecule has 130 valence electrons. The Hall–Kier alpha value is -2.77. The van der Waals surface area contributed by atoms with Gasteiger partial charge in [-0.05, 0) is 6.42 Å². The van der Waals surface area contributed by atoms with Crippen molar-refractivity contribution < 1.29 is 23.9 Å². The number of ether oxygens (including phenoxy) is 2. The predicted molar refractivity (Wildman–Crippen MR) is 87.1 cm³/mol. The number of nitrogens with zero attached hydrogens (tertiary/aromatic N) is 2. The normalized spacial score (nSPS) is 14.1. The van der Waals surface area contributed by atoms with Crippen LogP contribution in [0, 0.1) is 0 Å². The highest BCUT2D eigenvalue weighted by Crippen LogP contribution is 2.25. The number of rotatable bonds is 7. The fourth-order valence-corrected chi connectivity index (χ4v) is 2.39. The van der Waals surface area contributed by atoms with Gasteiger partial charge in [0.2, 0.25) is 11.8 Å². The maximum absolute atomic E-state index is 12.0. The van der Waals surface area contributed by atoms with Crippen LogP contribution in [0.3, 0.4) is 0 Å². The van der Waals surface area contributed by atoms with Crippen molar-refractivity contribution in [3.63, 3.8) is 0 Å². The van der Waals surface area contributed by atoms with E-state index in [1.807, 2.05) is 0 Å². The van der Waals surface area contributed by atoms with Gasteiger partial charge in [-0.2, -0.15) is 0 Å². The molecule has 1 fully saturated rings. The number of likely N-dealkylation sites (N-methyl/N-ethyl adjacent to an activating group) is 1. The highest BCUT2D eigenvalue weighted by Gasteiger charge is 2.32. The average molecular weight is 335 g/mol. The summed E-state index contributed by atoms with van der Waals surface area (Å²) in [5.74, 6) is 0.695. The second-order valence-corrected chi connectivity index (χ2v) is 5.44. The molecule has 2 rings (SSSR count). The van der Waals surface area contributed by atoms with E-state index < -0.39 is 0 Å². The summed E-state index contributed by atoms with van der Waals surface area (Å²) in [6, 6.07) is 4.75. The van der Waals surface area contributed by atoms with Crippen molar-refractivity contribution in [2.24, 2.45) is 0 Å². The first-order valence-corrected chi connectivity index (χ1v) is 7.53. The Balaban J connectivity index is 1.85. The third-order valence-corrected chi connectivity index (χ3v) is 3.65. The zero-order valence-electron chi connectivity index (χ0n) is 14.0. The van der Waals surface area contributed by atoms with Crippen molar-refractivity contribution in [2.75, 3.05) is 39.7 Å². The molecule has 8 heteroatoms. The number of imide groups is 1. The van der Waals surface area contributed by atoms with Gasteiger partial charge in [0.05, 0.1) is 14.2 Å². The van der Waals surface area contributed by atoms with Crippen molar-refractivity contribution in [2.45, 2.75) is 12.8 Å². The quantitative estimate of drug-likeness (QED) is 0.759. The van der Waals surface area contributed by atoms with Crippen molar-refractivity contribution in [3.05, 3.63) is 18.2 Å². The molecule has 1 saturated heterocycles. The number of amides is 4. The van der Waals surface area contributed by atoms with Crippen LogP contribution in [0.5, 0.6) is 11.5 Å². The molecule has 0 bridgehead atoms. The molecular formula is C16H21N3O5. The van der Waals surface area contributed by atoms with E-state index in [4.69, 9.17) is 9.47 Å². The van der Waals surface area contributed by atoms with Crippen LogP contribution >= 0.6 is 0 Å². The summed E-state index contributed by atoms with van der Waals surface area (Å²) in [5, 5.41) is 2.75. The summed E-state index contributed by atoms with van der Waals surface area (Å²) in [6.45, 7) is 0.325. The monoisotopic (exact) mass is 335 g/mol. The number of methoxy groups -OCH3 is 2. The molecule has 1 aliphatic heterocycles. The van der Waals surface area contributed by atoms with E-state index in [9.17, 15) is 14.4 Å². The Labute approximate surface area is 140 Å². The first-order chi connectivity index (χ1) is 11.4. The third-order valence-electron chi connectivity index (χ3n) is 3.65. The molecule has 0 atom stereocenters. The van der Waals surface area contributed by atoms with Gasteiger partial charge in [-0.1, -0.05) is 0 Å². The molecule has 0 aliphatic carbocycles. The smallest absolute Gasteiger partial charge is 0.326 e. The second-order valence-electron chi connectivity index (χ2n) is 5.44. The van der Waals surface area contributed by atoms with Crippen molar-refractivity contribution in [1.29, 1.82) is 0 Å². The number of benzene rings is 1. The first-order valence-electron chi connectivity index (χ1n) is 7.53. The van der Waals surface area contributed by atoms with Gasteiger partial charge in [0, 0.05) is 43.9 Å². The second kappa shape index (κ2) is 7.67. The topological polar surface area (TPSA) is 88.2 Å². The van der Waals surface area contributed by atoms with E-state index in [-0.39, 0.29) is 37.4 Å². The summed E-state index contributed by atoms with van der Waals surface area (Å²) < 4.78 is 10.3. The van der Waals surface area contributed by atoms with Crippen LogP contribution < -0.4 is 14.8 Å².